The number of carbonyl (C=O) groups excluding carboxylic acids is 1. The van der Waals surface area contributed by atoms with Crippen LogP contribution in [0.5, 0.6) is 0 Å². The van der Waals surface area contributed by atoms with Crippen LogP contribution in [0, 0.1) is 17.0 Å². The number of amides is 1. The fourth-order valence-electron chi connectivity index (χ4n) is 3.06. The Morgan fingerprint density at radius 1 is 1.13 bits per heavy atom. The molecule has 0 bridgehead atoms. The molecule has 0 N–H and O–H groups in total. The molecule has 0 radical (unpaired) electrons. The van der Waals surface area contributed by atoms with Crippen LogP contribution in [0.2, 0.25) is 0 Å². The van der Waals surface area contributed by atoms with Crippen LogP contribution in [0.15, 0.2) is 66.9 Å². The van der Waals surface area contributed by atoms with Crippen molar-refractivity contribution >= 4 is 38.3 Å². The van der Waals surface area contributed by atoms with Gasteiger partial charge in [-0.3, -0.25) is 24.8 Å². The molecule has 0 aliphatic heterocycles. The lowest BCUT2D eigenvalue weighted by Gasteiger charge is -2.19. The number of benzene rings is 2. The number of thiazole rings is 1. The van der Waals surface area contributed by atoms with Crippen LogP contribution >= 0.6 is 11.3 Å². The van der Waals surface area contributed by atoms with Crippen molar-refractivity contribution in [3.05, 3.63) is 93.8 Å². The molecule has 0 atom stereocenters. The molecular weight excluding hydrogens is 400 g/mol. The van der Waals surface area contributed by atoms with Crippen molar-refractivity contribution in [3.8, 4) is 0 Å². The van der Waals surface area contributed by atoms with Crippen LogP contribution in [-0.4, -0.2) is 20.8 Å². The van der Waals surface area contributed by atoms with Gasteiger partial charge in [0.15, 0.2) is 5.13 Å². The number of anilines is 1. The van der Waals surface area contributed by atoms with E-state index in [1.807, 2.05) is 37.3 Å². The zero-order valence-corrected chi connectivity index (χ0v) is 17.0. The zero-order valence-electron chi connectivity index (χ0n) is 16.2. The van der Waals surface area contributed by atoms with E-state index in [9.17, 15) is 14.9 Å². The molecule has 4 rings (SSSR count). The van der Waals surface area contributed by atoms with Crippen molar-refractivity contribution in [2.75, 3.05) is 4.90 Å². The molecule has 2 heterocycles. The van der Waals surface area contributed by atoms with Gasteiger partial charge in [0.05, 0.1) is 33.8 Å². The highest BCUT2D eigenvalue weighted by atomic mass is 32.1. The van der Waals surface area contributed by atoms with Crippen molar-refractivity contribution in [2.45, 2.75) is 19.9 Å². The van der Waals surface area contributed by atoms with Crippen LogP contribution in [0.4, 0.5) is 10.8 Å². The summed E-state index contributed by atoms with van der Waals surface area (Å²) in [7, 11) is 0. The number of non-ortho nitro benzene ring substituents is 1. The van der Waals surface area contributed by atoms with Crippen molar-refractivity contribution in [3.63, 3.8) is 0 Å². The van der Waals surface area contributed by atoms with Gasteiger partial charge in [0.25, 0.3) is 5.69 Å². The van der Waals surface area contributed by atoms with E-state index in [-0.39, 0.29) is 18.0 Å². The predicted molar refractivity (Wildman–Crippen MR) is 117 cm³/mol. The van der Waals surface area contributed by atoms with E-state index < -0.39 is 4.92 Å². The molecule has 2 aromatic heterocycles. The molecule has 0 saturated carbocycles. The van der Waals surface area contributed by atoms with Gasteiger partial charge in [0.1, 0.15) is 0 Å². The lowest BCUT2D eigenvalue weighted by atomic mass is 10.1. The van der Waals surface area contributed by atoms with Crippen LogP contribution in [0.3, 0.4) is 0 Å². The molecule has 4 aromatic rings. The third-order valence-electron chi connectivity index (χ3n) is 4.61. The Bertz CT molecular complexity index is 1210. The fourth-order valence-corrected chi connectivity index (χ4v) is 4.14. The Kier molecular flexibility index (Phi) is 5.49. The van der Waals surface area contributed by atoms with Gasteiger partial charge in [0, 0.05) is 18.3 Å². The molecule has 7 nitrogen and oxygen atoms in total. The second kappa shape index (κ2) is 8.38. The van der Waals surface area contributed by atoms with E-state index in [0.717, 1.165) is 21.5 Å². The number of aryl methyl sites for hydroxylation is 1. The van der Waals surface area contributed by atoms with Crippen molar-refractivity contribution in [1.82, 2.24) is 9.97 Å². The van der Waals surface area contributed by atoms with Gasteiger partial charge < -0.3 is 0 Å². The maximum Gasteiger partial charge on any atom is 0.269 e. The van der Waals surface area contributed by atoms with E-state index in [1.54, 1.807) is 23.2 Å². The second-order valence-corrected chi connectivity index (χ2v) is 7.88. The molecule has 2 aromatic carbocycles. The van der Waals surface area contributed by atoms with Crippen molar-refractivity contribution in [1.29, 1.82) is 0 Å². The van der Waals surface area contributed by atoms with E-state index in [1.165, 1.54) is 23.5 Å². The van der Waals surface area contributed by atoms with Crippen LogP contribution < -0.4 is 4.90 Å². The molecule has 150 valence electrons. The van der Waals surface area contributed by atoms with E-state index in [4.69, 9.17) is 0 Å². The molecule has 0 unspecified atom stereocenters. The minimum Gasteiger partial charge on any atom is -0.282 e. The van der Waals surface area contributed by atoms with Gasteiger partial charge in [-0.2, -0.15) is 0 Å². The lowest BCUT2D eigenvalue weighted by Crippen LogP contribution is -2.32. The van der Waals surface area contributed by atoms with Crippen molar-refractivity contribution < 1.29 is 9.72 Å². The Morgan fingerprint density at radius 2 is 1.93 bits per heavy atom. The number of hydrogen-bond acceptors (Lipinski definition) is 6. The van der Waals surface area contributed by atoms with E-state index in [2.05, 4.69) is 16.0 Å². The highest BCUT2D eigenvalue weighted by Gasteiger charge is 2.21. The Hall–Kier alpha value is -3.65. The summed E-state index contributed by atoms with van der Waals surface area (Å²) in [6.07, 6.45) is 1.80. The average molecular weight is 418 g/mol. The molecule has 0 saturated heterocycles. The third kappa shape index (κ3) is 4.33. The largest absolute Gasteiger partial charge is 0.282 e. The maximum atomic E-state index is 13.2. The number of hydrogen-bond donors (Lipinski definition) is 0. The van der Waals surface area contributed by atoms with Gasteiger partial charge in [-0.15, -0.1) is 0 Å². The van der Waals surface area contributed by atoms with E-state index in [0.29, 0.717) is 17.2 Å². The highest BCUT2D eigenvalue weighted by molar-refractivity contribution is 7.22. The molecule has 0 spiro atoms. The normalized spacial score (nSPS) is 10.8. The summed E-state index contributed by atoms with van der Waals surface area (Å²) in [6.45, 7) is 2.32. The summed E-state index contributed by atoms with van der Waals surface area (Å²) in [5.74, 6) is -0.148. The third-order valence-corrected chi connectivity index (χ3v) is 5.65. The Morgan fingerprint density at radius 3 is 2.63 bits per heavy atom. The molecule has 0 aliphatic carbocycles. The minimum absolute atomic E-state index is 0.00177. The number of aromatic nitrogens is 2. The number of nitro benzene ring substituents is 1. The average Bonchev–Trinajstić information content (AvgIpc) is 3.15. The lowest BCUT2D eigenvalue weighted by molar-refractivity contribution is -0.384. The monoisotopic (exact) mass is 418 g/mol. The van der Waals surface area contributed by atoms with Gasteiger partial charge in [-0.1, -0.05) is 35.6 Å². The maximum absolute atomic E-state index is 13.2. The molecular formula is C22H18N4O3S. The number of nitro groups is 1. The van der Waals surface area contributed by atoms with Gasteiger partial charge >= 0.3 is 0 Å². The molecule has 0 fully saturated rings. The quantitative estimate of drug-likeness (QED) is 0.335. The first-order valence-electron chi connectivity index (χ1n) is 9.30. The first-order valence-corrected chi connectivity index (χ1v) is 10.1. The SMILES string of the molecule is Cc1ccc2nc(N(Cc3ccccn3)C(=O)Cc3ccc([N+](=O)[O-])cc3)sc2c1. The number of fused-ring (bicyclic) bond motifs is 1. The summed E-state index contributed by atoms with van der Waals surface area (Å²) in [6, 6.07) is 17.6. The first kappa shape index (κ1) is 19.7. The fraction of sp³-hybridized carbons (Fsp3) is 0.136. The second-order valence-electron chi connectivity index (χ2n) is 6.87. The van der Waals surface area contributed by atoms with Crippen LogP contribution in [0.1, 0.15) is 16.8 Å². The smallest absolute Gasteiger partial charge is 0.269 e. The standard InChI is InChI=1S/C22H18N4O3S/c1-15-5-10-19-20(12-15)30-22(24-19)25(14-17-4-2-3-11-23-17)21(27)13-16-6-8-18(9-7-16)26(28)29/h2-12H,13-14H2,1H3. The molecule has 8 heteroatoms. The highest BCUT2D eigenvalue weighted by Crippen LogP contribution is 2.31. The predicted octanol–water partition coefficient (Wildman–Crippen LogP) is 4.68. The zero-order chi connectivity index (χ0) is 21.1. The molecule has 1 amide bonds. The summed E-state index contributed by atoms with van der Waals surface area (Å²) in [5.41, 5.74) is 3.43. The van der Waals surface area contributed by atoms with Gasteiger partial charge in [-0.05, 0) is 42.3 Å². The topological polar surface area (TPSA) is 89.2 Å². The summed E-state index contributed by atoms with van der Waals surface area (Å²) < 4.78 is 1.01. The van der Waals surface area contributed by atoms with Crippen LogP contribution in [0.25, 0.3) is 10.2 Å². The van der Waals surface area contributed by atoms with Gasteiger partial charge in [0.2, 0.25) is 5.91 Å². The van der Waals surface area contributed by atoms with E-state index >= 15 is 0 Å². The summed E-state index contributed by atoms with van der Waals surface area (Å²) in [5, 5.41) is 11.5. The summed E-state index contributed by atoms with van der Waals surface area (Å²) in [4.78, 5) is 34.2. The van der Waals surface area contributed by atoms with Crippen molar-refractivity contribution in [2.24, 2.45) is 0 Å². The number of nitrogens with zero attached hydrogens (tertiary/aromatic N) is 4. The first-order chi connectivity index (χ1) is 14.5. The number of rotatable bonds is 6. The van der Waals surface area contributed by atoms with Gasteiger partial charge in [-0.25, -0.2) is 4.98 Å². The molecule has 0 aliphatic rings. The number of pyridine rings is 1. The molecule has 30 heavy (non-hydrogen) atoms. The summed E-state index contributed by atoms with van der Waals surface area (Å²) >= 11 is 1.46. The Balaban J connectivity index is 1.65. The Labute approximate surface area is 176 Å². The number of carbonyl (C=O) groups is 1. The minimum atomic E-state index is -0.456. The van der Waals surface area contributed by atoms with Crippen LogP contribution in [-0.2, 0) is 17.8 Å².